The predicted octanol–water partition coefficient (Wildman–Crippen LogP) is -0.670. The van der Waals surface area contributed by atoms with Crippen LogP contribution < -0.4 is 44.2 Å². The van der Waals surface area contributed by atoms with Gasteiger partial charge in [0.25, 0.3) is 0 Å². The number of hydrogen-bond donors (Lipinski definition) is 13. The normalized spacial score (nSPS) is 15.3. The summed E-state index contributed by atoms with van der Waals surface area (Å²) < 4.78 is 0. The summed E-state index contributed by atoms with van der Waals surface area (Å²) in [6.07, 6.45) is 4.04. The fraction of sp³-hybridized carbons (Fsp3) is 0.574. The fourth-order valence-electron chi connectivity index (χ4n) is 8.88. The quantitative estimate of drug-likeness (QED) is 0.0191. The summed E-state index contributed by atoms with van der Waals surface area (Å²) in [4.78, 5) is 156. The average molecular weight is 1150 g/mol. The van der Waals surface area contributed by atoms with Gasteiger partial charge in [0.15, 0.2) is 29.1 Å². The number of phenols is 1. The summed E-state index contributed by atoms with van der Waals surface area (Å²) >= 11 is 1.43. The summed E-state index contributed by atoms with van der Waals surface area (Å²) in [5.74, 6) is -13.4. The molecule has 2 aromatic heterocycles. The van der Waals surface area contributed by atoms with Crippen molar-refractivity contribution in [2.75, 3.05) is 25.2 Å². The number of nitrogens with two attached hydrogens (primary N) is 4. The Bertz CT molecular complexity index is 2580. The van der Waals surface area contributed by atoms with Gasteiger partial charge < -0.3 is 69.5 Å². The number of ketones is 4. The molecule has 0 aliphatic heterocycles. The highest BCUT2D eigenvalue weighted by molar-refractivity contribution is 7.98. The van der Waals surface area contributed by atoms with E-state index in [1.54, 1.807) is 13.8 Å². The van der Waals surface area contributed by atoms with Crippen LogP contribution in [0.3, 0.4) is 0 Å². The maximum Gasteiger partial charge on any atom is 0.225 e. The Labute approximate surface area is 474 Å². The molecule has 0 radical (unpaired) electrons. The van der Waals surface area contributed by atoms with E-state index in [4.69, 9.17) is 22.9 Å². The Morgan fingerprint density at radius 1 is 0.642 bits per heavy atom. The first-order chi connectivity index (χ1) is 38.4. The van der Waals surface area contributed by atoms with Gasteiger partial charge in [0.1, 0.15) is 11.8 Å². The summed E-state index contributed by atoms with van der Waals surface area (Å²) in [5.41, 5.74) is 23.8. The Balaban J connectivity index is 1.98. The number of amides is 6. The number of aromatic hydroxyl groups is 1. The van der Waals surface area contributed by atoms with E-state index < -0.39 is 157 Å². The molecular formula is C54H81N13O13S. The second-order valence-corrected chi connectivity index (χ2v) is 21.5. The van der Waals surface area contributed by atoms with E-state index in [2.05, 4.69) is 46.2 Å². The number of nitrogens with zero attached hydrogens (tertiary/aromatic N) is 3. The van der Waals surface area contributed by atoms with Crippen molar-refractivity contribution in [3.8, 4) is 5.75 Å². The number of hydrogen-bond acceptors (Lipinski definition) is 17. The number of aliphatic imine (C=N–C) groups is 1. The Morgan fingerprint density at radius 3 is 1.68 bits per heavy atom. The number of guanidine groups is 1. The zero-order chi connectivity index (χ0) is 60.3. The van der Waals surface area contributed by atoms with Crippen LogP contribution in [-0.4, -0.2) is 155 Å². The number of carbonyl (C=O) groups excluding carboxylic acids is 10. The molecule has 446 valence electrons. The van der Waals surface area contributed by atoms with Gasteiger partial charge in [0.05, 0.1) is 67.7 Å². The molecule has 0 saturated carbocycles. The number of nitrogens with one attached hydrogen (secondary N) is 6. The molecule has 0 unspecified atom stereocenters. The van der Waals surface area contributed by atoms with Gasteiger partial charge in [-0.05, 0) is 68.2 Å². The number of phenolic OH excluding ortho intramolecular Hbond substituents is 1. The number of thioether (sulfide) groups is 1. The Hall–Kier alpha value is -7.52. The first-order valence-electron chi connectivity index (χ1n) is 26.8. The smallest absolute Gasteiger partial charge is 0.225 e. The van der Waals surface area contributed by atoms with Crippen LogP contribution in [0.2, 0.25) is 0 Å². The van der Waals surface area contributed by atoms with Crippen molar-refractivity contribution < 1.29 is 63.3 Å². The van der Waals surface area contributed by atoms with Crippen molar-refractivity contribution in [2.24, 2.45) is 63.4 Å². The van der Waals surface area contributed by atoms with Crippen molar-refractivity contribution in [2.45, 2.75) is 135 Å². The van der Waals surface area contributed by atoms with Crippen molar-refractivity contribution >= 4 is 76.3 Å². The minimum atomic E-state index is -1.66. The monoisotopic (exact) mass is 1150 g/mol. The van der Waals surface area contributed by atoms with Crippen LogP contribution >= 0.6 is 11.8 Å². The SMILES string of the molecule is CC[C@H](C)[C@H](NC(=O)[C@@H](CC(=O)[C@H](CC(N)=O)NC(=O)[C@H](CCCN=C(N)N)CC(=O)[C@@H](NC(=O)[C@@H](C)CO)[C@@H](C)O)Cc1ccc(O)cc1)C(=O)C[C@@H](Cc1cnc[nH]1)C(=O)N[C@@H](CCSC)C(=O)C[C@@H](Cc1cnc[nH]1)C(N)=O. The van der Waals surface area contributed by atoms with E-state index in [9.17, 15) is 63.3 Å². The molecule has 0 aliphatic rings. The molecule has 2 heterocycles. The van der Waals surface area contributed by atoms with Crippen LogP contribution in [0.25, 0.3) is 0 Å². The summed E-state index contributed by atoms with van der Waals surface area (Å²) in [6.45, 7) is 5.62. The van der Waals surface area contributed by atoms with Crippen molar-refractivity contribution in [1.29, 1.82) is 0 Å². The number of H-pyrrole nitrogens is 2. The largest absolute Gasteiger partial charge is 0.508 e. The van der Waals surface area contributed by atoms with Gasteiger partial charge in [-0.15, -0.1) is 0 Å². The Kier molecular flexibility index (Phi) is 28.9. The fourth-order valence-corrected chi connectivity index (χ4v) is 9.35. The van der Waals surface area contributed by atoms with E-state index in [0.29, 0.717) is 29.1 Å². The number of aromatic nitrogens is 4. The lowest BCUT2D eigenvalue weighted by Crippen LogP contribution is -2.52. The van der Waals surface area contributed by atoms with Gasteiger partial charge in [-0.25, -0.2) is 9.97 Å². The van der Waals surface area contributed by atoms with E-state index in [1.165, 1.54) is 74.9 Å². The van der Waals surface area contributed by atoms with Crippen LogP contribution in [0.15, 0.2) is 54.3 Å². The second-order valence-electron chi connectivity index (χ2n) is 20.5. The van der Waals surface area contributed by atoms with E-state index >= 15 is 0 Å². The number of aliphatic hydroxyl groups is 2. The molecule has 3 rings (SSSR count). The maximum atomic E-state index is 14.7. The number of primary amides is 2. The topological polar surface area (TPSA) is 453 Å². The number of benzene rings is 1. The number of Topliss-reactive ketones (excluding diaryl/α,β-unsaturated/α-hetero) is 4. The minimum absolute atomic E-state index is 0.0228. The number of aromatic amines is 2. The van der Waals surface area contributed by atoms with Crippen molar-refractivity contribution in [1.82, 2.24) is 41.2 Å². The molecule has 17 N–H and O–H groups in total. The molecule has 27 heteroatoms. The average Bonchev–Trinajstić information content (AvgIpc) is 4.17. The van der Waals surface area contributed by atoms with Gasteiger partial charge in [-0.3, -0.25) is 52.9 Å². The molecule has 0 spiro atoms. The third-order valence-electron chi connectivity index (χ3n) is 13.9. The van der Waals surface area contributed by atoms with Crippen LogP contribution in [0.5, 0.6) is 5.75 Å². The third-order valence-corrected chi connectivity index (χ3v) is 14.5. The zero-order valence-corrected chi connectivity index (χ0v) is 47.4. The third kappa shape index (κ3) is 23.6. The molecule has 0 aliphatic carbocycles. The summed E-state index contributed by atoms with van der Waals surface area (Å²) in [5, 5.41) is 40.6. The highest BCUT2D eigenvalue weighted by Gasteiger charge is 2.38. The van der Waals surface area contributed by atoms with Gasteiger partial charge in [-0.1, -0.05) is 39.3 Å². The van der Waals surface area contributed by atoms with Gasteiger partial charge in [-0.2, -0.15) is 11.8 Å². The first-order valence-corrected chi connectivity index (χ1v) is 28.2. The molecule has 81 heavy (non-hydrogen) atoms. The van der Waals surface area contributed by atoms with Crippen LogP contribution in [0.4, 0.5) is 0 Å². The highest BCUT2D eigenvalue weighted by Crippen LogP contribution is 2.24. The van der Waals surface area contributed by atoms with E-state index in [0.717, 1.165) is 0 Å². The lowest BCUT2D eigenvalue weighted by Gasteiger charge is -2.28. The lowest BCUT2D eigenvalue weighted by molar-refractivity contribution is -0.137. The number of imidazole rings is 2. The maximum absolute atomic E-state index is 14.7. The summed E-state index contributed by atoms with van der Waals surface area (Å²) in [7, 11) is 0. The zero-order valence-electron chi connectivity index (χ0n) is 46.6. The molecular weight excluding hydrogens is 1070 g/mol. The first kappa shape index (κ1) is 67.8. The number of rotatable bonds is 40. The van der Waals surface area contributed by atoms with Crippen LogP contribution in [0, 0.1) is 35.5 Å². The molecule has 6 amide bonds. The molecule has 3 aromatic rings. The predicted molar refractivity (Wildman–Crippen MR) is 300 cm³/mol. The molecule has 0 saturated heterocycles. The van der Waals surface area contributed by atoms with Crippen LogP contribution in [-0.2, 0) is 67.2 Å². The van der Waals surface area contributed by atoms with Gasteiger partial charge in [0, 0.05) is 80.7 Å². The molecule has 0 bridgehead atoms. The number of aliphatic hydroxyl groups excluding tert-OH is 2. The molecule has 1 aromatic carbocycles. The molecule has 11 atom stereocenters. The van der Waals surface area contributed by atoms with Crippen molar-refractivity contribution in [3.63, 3.8) is 0 Å². The summed E-state index contributed by atoms with van der Waals surface area (Å²) in [6, 6.07) is 0.294. The van der Waals surface area contributed by atoms with E-state index in [1.807, 2.05) is 6.26 Å². The van der Waals surface area contributed by atoms with Gasteiger partial charge in [0.2, 0.25) is 35.4 Å². The lowest BCUT2D eigenvalue weighted by atomic mass is 9.86. The number of carbonyl (C=O) groups is 10. The minimum Gasteiger partial charge on any atom is -0.508 e. The second kappa shape index (κ2) is 34.6. The highest BCUT2D eigenvalue weighted by atomic mass is 32.2. The van der Waals surface area contributed by atoms with Crippen molar-refractivity contribution in [3.05, 3.63) is 66.3 Å². The van der Waals surface area contributed by atoms with E-state index in [-0.39, 0.29) is 63.2 Å². The molecule has 26 nitrogen and oxygen atoms in total. The van der Waals surface area contributed by atoms with Gasteiger partial charge >= 0.3 is 0 Å². The molecule has 0 fully saturated rings. The van der Waals surface area contributed by atoms with Crippen LogP contribution in [0.1, 0.15) is 102 Å². The standard InChI is InChI=1S/C54H81N13O13S/c1-6-29(2)47(44(73)22-36(18-38-25-60-28-63-38)52(79)64-40(13-15-81-5)42(71)20-34(49(56)76)17-37-24-59-27-62-37)66-53(80)35(16-32-9-11-39(70)12-10-32)21-43(72)41(23-46(55)75)65-51(78)33(8-7-14-61-54(57)58)19-45(74)48(31(4)69)67-50(77)30(3)26-68/h9-12,24-25,27-31,33-36,40-41,47-48,68-70H,6-8,13-23,26H2,1-5H3,(H2,55,75)(H2,56,76)(H,59,62)(H,60,63)(H,64,79)(H,65,78)(H,66,80)(H,67,77)(H4,57,58,61)/t29-,30-,31+,33+,34+,35+,36+,40-,41-,47-,48-/m0/s1. The Morgan fingerprint density at radius 2 is 1.15 bits per heavy atom.